The number of benzene rings is 1. The zero-order valence-electron chi connectivity index (χ0n) is 10.8. The van der Waals surface area contributed by atoms with Crippen molar-refractivity contribution in [1.82, 2.24) is 0 Å². The standard InChI is InChI=1S/C15H15N3O/c1-11-12-4-2-3-5-13(12)18-6-7-19-8-14(18)15(11,9-16)10-17/h2-5,11,14H,6-8H2,1H3/t11-,14-/m1/s1. The Kier molecular flexibility index (Phi) is 2.69. The molecule has 1 aromatic rings. The predicted octanol–water partition coefficient (Wildman–Crippen LogP) is 2.04. The topological polar surface area (TPSA) is 60.0 Å². The van der Waals surface area contributed by atoms with E-state index in [1.807, 2.05) is 25.1 Å². The molecule has 0 bridgehead atoms. The highest BCUT2D eigenvalue weighted by Crippen LogP contribution is 2.49. The number of rotatable bonds is 0. The van der Waals surface area contributed by atoms with Crippen molar-refractivity contribution in [2.75, 3.05) is 24.7 Å². The van der Waals surface area contributed by atoms with E-state index in [4.69, 9.17) is 4.74 Å². The van der Waals surface area contributed by atoms with Crippen molar-refractivity contribution in [2.24, 2.45) is 5.41 Å². The molecule has 19 heavy (non-hydrogen) atoms. The SMILES string of the molecule is C[C@@H]1c2ccccc2N2CCOC[C@@H]2C1(C#N)C#N. The third kappa shape index (κ3) is 1.47. The number of anilines is 1. The molecule has 0 unspecified atom stereocenters. The lowest BCUT2D eigenvalue weighted by molar-refractivity contribution is 0.0625. The van der Waals surface area contributed by atoms with Crippen molar-refractivity contribution in [3.05, 3.63) is 29.8 Å². The summed E-state index contributed by atoms with van der Waals surface area (Å²) in [6.07, 6.45) is 0. The van der Waals surface area contributed by atoms with Crippen LogP contribution in [0.15, 0.2) is 24.3 Å². The maximum Gasteiger partial charge on any atom is 0.172 e. The zero-order chi connectivity index (χ0) is 13.5. The number of hydrogen-bond acceptors (Lipinski definition) is 4. The van der Waals surface area contributed by atoms with E-state index < -0.39 is 5.41 Å². The second-order valence-electron chi connectivity index (χ2n) is 5.16. The molecule has 0 amide bonds. The first-order chi connectivity index (χ1) is 9.24. The van der Waals surface area contributed by atoms with Crippen molar-refractivity contribution in [3.63, 3.8) is 0 Å². The smallest absolute Gasteiger partial charge is 0.172 e. The van der Waals surface area contributed by atoms with Gasteiger partial charge in [-0.1, -0.05) is 25.1 Å². The molecule has 0 saturated carbocycles. The van der Waals surface area contributed by atoms with Gasteiger partial charge in [0.1, 0.15) is 0 Å². The van der Waals surface area contributed by atoms with Gasteiger partial charge in [-0.15, -0.1) is 0 Å². The monoisotopic (exact) mass is 253 g/mol. The van der Waals surface area contributed by atoms with Crippen LogP contribution >= 0.6 is 0 Å². The van der Waals surface area contributed by atoms with Gasteiger partial charge in [-0.25, -0.2) is 0 Å². The number of nitrogens with zero attached hydrogens (tertiary/aromatic N) is 3. The fourth-order valence-electron chi connectivity index (χ4n) is 3.29. The molecule has 0 radical (unpaired) electrons. The van der Waals surface area contributed by atoms with Gasteiger partial charge in [-0.05, 0) is 11.6 Å². The van der Waals surface area contributed by atoms with Gasteiger partial charge in [0.2, 0.25) is 0 Å². The summed E-state index contributed by atoms with van der Waals surface area (Å²) < 4.78 is 5.52. The highest BCUT2D eigenvalue weighted by Gasteiger charge is 2.53. The number of morpholine rings is 1. The maximum absolute atomic E-state index is 9.62. The fourth-order valence-corrected chi connectivity index (χ4v) is 3.29. The van der Waals surface area contributed by atoms with Crippen molar-refractivity contribution in [1.29, 1.82) is 10.5 Å². The minimum absolute atomic E-state index is 0.110. The number of hydrogen-bond donors (Lipinski definition) is 0. The van der Waals surface area contributed by atoms with Crippen LogP contribution in [0, 0.1) is 28.1 Å². The van der Waals surface area contributed by atoms with Gasteiger partial charge < -0.3 is 9.64 Å². The summed E-state index contributed by atoms with van der Waals surface area (Å²) in [4.78, 5) is 2.17. The van der Waals surface area contributed by atoms with E-state index in [1.54, 1.807) is 0 Å². The zero-order valence-corrected chi connectivity index (χ0v) is 10.8. The molecule has 2 aliphatic heterocycles. The summed E-state index contributed by atoms with van der Waals surface area (Å²) in [5.41, 5.74) is 1.20. The van der Waals surface area contributed by atoms with Crippen LogP contribution in [-0.2, 0) is 4.74 Å². The molecule has 0 spiro atoms. The normalized spacial score (nSPS) is 27.6. The number of fused-ring (bicyclic) bond motifs is 3. The average molecular weight is 253 g/mol. The molecular formula is C15H15N3O. The third-order valence-electron chi connectivity index (χ3n) is 4.42. The first-order valence-corrected chi connectivity index (χ1v) is 6.50. The van der Waals surface area contributed by atoms with E-state index >= 15 is 0 Å². The van der Waals surface area contributed by atoms with Crippen LogP contribution in [0.2, 0.25) is 0 Å². The highest BCUT2D eigenvalue weighted by molar-refractivity contribution is 5.62. The quantitative estimate of drug-likeness (QED) is 0.710. The Morgan fingerprint density at radius 1 is 1.32 bits per heavy atom. The van der Waals surface area contributed by atoms with Gasteiger partial charge in [-0.3, -0.25) is 0 Å². The minimum Gasteiger partial charge on any atom is -0.377 e. The van der Waals surface area contributed by atoms with Crippen LogP contribution in [0.3, 0.4) is 0 Å². The van der Waals surface area contributed by atoms with Gasteiger partial charge in [0.05, 0.1) is 31.4 Å². The lowest BCUT2D eigenvalue weighted by atomic mass is 9.66. The van der Waals surface area contributed by atoms with Gasteiger partial charge in [0.15, 0.2) is 5.41 Å². The maximum atomic E-state index is 9.62. The van der Waals surface area contributed by atoms with E-state index in [0.29, 0.717) is 13.2 Å². The molecule has 0 aromatic heterocycles. The molecule has 4 nitrogen and oxygen atoms in total. The summed E-state index contributed by atoms with van der Waals surface area (Å²) in [5.74, 6) is -0.110. The Hall–Kier alpha value is -2.04. The Bertz CT molecular complexity index is 570. The van der Waals surface area contributed by atoms with E-state index in [1.165, 1.54) is 0 Å². The molecule has 1 aromatic carbocycles. The fraction of sp³-hybridized carbons (Fsp3) is 0.467. The Balaban J connectivity index is 2.22. The second-order valence-corrected chi connectivity index (χ2v) is 5.16. The largest absolute Gasteiger partial charge is 0.377 e. The number of nitriles is 2. The van der Waals surface area contributed by atoms with Crippen molar-refractivity contribution in [3.8, 4) is 12.1 Å². The molecule has 96 valence electrons. The van der Waals surface area contributed by atoms with Gasteiger partial charge in [0.25, 0.3) is 0 Å². The van der Waals surface area contributed by atoms with Gasteiger partial charge >= 0.3 is 0 Å². The van der Waals surface area contributed by atoms with Crippen LogP contribution in [0.4, 0.5) is 5.69 Å². The molecule has 0 N–H and O–H groups in total. The summed E-state index contributed by atoms with van der Waals surface area (Å²) in [5, 5.41) is 19.2. The van der Waals surface area contributed by atoms with Gasteiger partial charge in [0, 0.05) is 18.2 Å². The summed E-state index contributed by atoms with van der Waals surface area (Å²) in [7, 11) is 0. The van der Waals surface area contributed by atoms with Crippen molar-refractivity contribution in [2.45, 2.75) is 18.9 Å². The molecule has 4 heteroatoms. The minimum atomic E-state index is -1.03. The van der Waals surface area contributed by atoms with Crippen LogP contribution in [0.5, 0.6) is 0 Å². The van der Waals surface area contributed by atoms with Crippen LogP contribution in [-0.4, -0.2) is 25.8 Å². The predicted molar refractivity (Wildman–Crippen MR) is 70.5 cm³/mol. The molecule has 1 saturated heterocycles. The van der Waals surface area contributed by atoms with Crippen LogP contribution in [0.1, 0.15) is 18.4 Å². The molecule has 2 atom stereocenters. The van der Waals surface area contributed by atoms with E-state index in [0.717, 1.165) is 17.8 Å². The first kappa shape index (κ1) is 12.0. The summed E-state index contributed by atoms with van der Waals surface area (Å²) in [6, 6.07) is 12.4. The van der Waals surface area contributed by atoms with Crippen molar-refractivity contribution < 1.29 is 4.74 Å². The van der Waals surface area contributed by atoms with E-state index in [2.05, 4.69) is 23.1 Å². The molecular weight excluding hydrogens is 238 g/mol. The first-order valence-electron chi connectivity index (χ1n) is 6.50. The van der Waals surface area contributed by atoms with E-state index in [9.17, 15) is 10.5 Å². The molecule has 0 aliphatic carbocycles. The van der Waals surface area contributed by atoms with Crippen molar-refractivity contribution >= 4 is 5.69 Å². The van der Waals surface area contributed by atoms with Gasteiger partial charge in [-0.2, -0.15) is 10.5 Å². The Morgan fingerprint density at radius 3 is 2.79 bits per heavy atom. The number of para-hydroxylation sites is 1. The van der Waals surface area contributed by atoms with E-state index in [-0.39, 0.29) is 12.0 Å². The summed E-state index contributed by atoms with van der Waals surface area (Å²) in [6.45, 7) is 3.79. The highest BCUT2D eigenvalue weighted by atomic mass is 16.5. The molecule has 3 rings (SSSR count). The number of ether oxygens (including phenoxy) is 1. The average Bonchev–Trinajstić information content (AvgIpc) is 2.49. The third-order valence-corrected chi connectivity index (χ3v) is 4.42. The Morgan fingerprint density at radius 2 is 2.05 bits per heavy atom. The molecule has 2 heterocycles. The molecule has 2 aliphatic rings. The lowest BCUT2D eigenvalue weighted by Gasteiger charge is -2.50. The lowest BCUT2D eigenvalue weighted by Crippen LogP contribution is -2.58. The summed E-state index contributed by atoms with van der Waals surface area (Å²) >= 11 is 0. The van der Waals surface area contributed by atoms with Crippen LogP contribution in [0.25, 0.3) is 0 Å². The second kappa shape index (κ2) is 4.26. The Labute approximate surface area is 112 Å². The van der Waals surface area contributed by atoms with Crippen LogP contribution < -0.4 is 4.90 Å². The molecule has 1 fully saturated rings.